The number of nitrogens with zero attached hydrogens (tertiary/aromatic N) is 2. The second-order valence-corrected chi connectivity index (χ2v) is 13.1. The Balaban J connectivity index is 2.34. The summed E-state index contributed by atoms with van der Waals surface area (Å²) in [6.07, 6.45) is 1.52. The van der Waals surface area contributed by atoms with E-state index in [4.69, 9.17) is 9.47 Å². The van der Waals surface area contributed by atoms with Crippen LogP contribution in [-0.2, 0) is 16.2 Å². The largest absolute Gasteiger partial charge is 0.461 e. The maximum atomic E-state index is 14.7. The van der Waals surface area contributed by atoms with E-state index < -0.39 is 19.9 Å². The highest BCUT2D eigenvalue weighted by molar-refractivity contribution is 9.10. The summed E-state index contributed by atoms with van der Waals surface area (Å²) in [5, 5.41) is 0.314. The number of pyridine rings is 1. The molecule has 0 aliphatic carbocycles. The predicted octanol–water partition coefficient (Wildman–Crippen LogP) is 4.43. The van der Waals surface area contributed by atoms with Gasteiger partial charge >= 0.3 is 5.97 Å². The minimum absolute atomic E-state index is 0.0857. The van der Waals surface area contributed by atoms with Gasteiger partial charge in [-0.25, -0.2) is 14.2 Å². The van der Waals surface area contributed by atoms with Gasteiger partial charge in [0.15, 0.2) is 11.5 Å². The van der Waals surface area contributed by atoms with Crippen LogP contribution in [0.4, 0.5) is 4.39 Å². The van der Waals surface area contributed by atoms with Crippen LogP contribution < -0.4 is 0 Å². The summed E-state index contributed by atoms with van der Waals surface area (Å²) in [6, 6.07) is 2.54. The lowest BCUT2D eigenvalue weighted by molar-refractivity contribution is 0.0470. The van der Waals surface area contributed by atoms with Crippen molar-refractivity contribution in [3.63, 3.8) is 0 Å². The summed E-state index contributed by atoms with van der Waals surface area (Å²) in [5.41, 5.74) is 0.381. The first-order valence-corrected chi connectivity index (χ1v) is 12.3. The second kappa shape index (κ2) is 7.75. The molecule has 2 aromatic heterocycles. The van der Waals surface area contributed by atoms with Crippen LogP contribution in [0.25, 0.3) is 10.9 Å². The van der Waals surface area contributed by atoms with Crippen LogP contribution in [0.15, 0.2) is 16.9 Å². The molecular weight excluding hydrogens is 395 g/mol. The summed E-state index contributed by atoms with van der Waals surface area (Å²) in [4.78, 5) is 16.3. The summed E-state index contributed by atoms with van der Waals surface area (Å²) in [5.74, 6) is -1.31. The highest BCUT2D eigenvalue weighted by Gasteiger charge is 2.25. The van der Waals surface area contributed by atoms with E-state index in [2.05, 4.69) is 40.6 Å². The van der Waals surface area contributed by atoms with Gasteiger partial charge in [0.1, 0.15) is 11.3 Å². The molecule has 2 aromatic rings. The van der Waals surface area contributed by atoms with Crippen LogP contribution in [0, 0.1) is 5.82 Å². The number of halogens is 2. The molecule has 0 saturated heterocycles. The van der Waals surface area contributed by atoms with Gasteiger partial charge in [-0.05, 0) is 35.0 Å². The van der Waals surface area contributed by atoms with Gasteiger partial charge in [-0.1, -0.05) is 19.6 Å². The van der Waals surface area contributed by atoms with Gasteiger partial charge in [-0.2, -0.15) is 0 Å². The number of esters is 1. The molecule has 0 aliphatic rings. The molecule has 0 aromatic carbocycles. The van der Waals surface area contributed by atoms with Crippen molar-refractivity contribution in [3.05, 3.63) is 28.4 Å². The molecule has 0 atom stereocenters. The molecule has 0 amide bonds. The van der Waals surface area contributed by atoms with E-state index in [-0.39, 0.29) is 19.0 Å². The summed E-state index contributed by atoms with van der Waals surface area (Å²) in [6.45, 7) is 9.29. The Morgan fingerprint density at radius 3 is 2.75 bits per heavy atom. The third kappa shape index (κ3) is 4.43. The summed E-state index contributed by atoms with van der Waals surface area (Å²) < 4.78 is 27.4. The molecule has 0 spiro atoms. The molecule has 2 rings (SSSR count). The zero-order valence-corrected chi connectivity index (χ0v) is 16.9. The fourth-order valence-corrected chi connectivity index (χ4v) is 3.34. The molecule has 0 saturated carbocycles. The number of hydrogen-bond donors (Lipinski definition) is 0. The molecule has 5 nitrogen and oxygen atoms in total. The molecule has 132 valence electrons. The van der Waals surface area contributed by atoms with Crippen molar-refractivity contribution in [2.45, 2.75) is 39.3 Å². The van der Waals surface area contributed by atoms with Crippen molar-refractivity contribution in [2.24, 2.45) is 0 Å². The smallest absolute Gasteiger partial charge is 0.358 e. The Hall–Kier alpha value is -1.25. The van der Waals surface area contributed by atoms with E-state index in [1.54, 1.807) is 13.0 Å². The first-order valence-electron chi connectivity index (χ1n) is 7.82. The summed E-state index contributed by atoms with van der Waals surface area (Å²) in [7, 11) is -1.22. The molecule has 24 heavy (non-hydrogen) atoms. The quantitative estimate of drug-likeness (QED) is 0.290. The second-order valence-electron chi connectivity index (χ2n) is 6.68. The minimum atomic E-state index is -1.22. The number of fused-ring (bicyclic) bond motifs is 1. The maximum Gasteiger partial charge on any atom is 0.358 e. The van der Waals surface area contributed by atoms with Gasteiger partial charge in [0.05, 0.1) is 18.3 Å². The monoisotopic (exact) mass is 416 g/mol. The normalized spacial score (nSPS) is 11.9. The van der Waals surface area contributed by atoms with E-state index in [1.165, 1.54) is 10.8 Å². The van der Waals surface area contributed by atoms with Crippen molar-refractivity contribution in [2.75, 3.05) is 13.2 Å². The van der Waals surface area contributed by atoms with Crippen LogP contribution in [0.1, 0.15) is 17.4 Å². The van der Waals surface area contributed by atoms with Crippen LogP contribution in [-0.4, -0.2) is 36.8 Å². The fraction of sp³-hybridized carbons (Fsp3) is 0.500. The molecule has 0 radical (unpaired) electrons. The topological polar surface area (TPSA) is 53.3 Å². The standard InChI is InChI=1S/C16H22BrFN2O3Si/c1-5-23-16(21)15-14(18)11-8-13(17)19-9-12(11)20(15)10-22-6-7-24(2,3)4/h8-9H,5-7,10H2,1-4H3. The highest BCUT2D eigenvalue weighted by atomic mass is 79.9. The van der Waals surface area contributed by atoms with Gasteiger partial charge in [0, 0.05) is 20.1 Å². The molecule has 0 N–H and O–H groups in total. The zero-order chi connectivity index (χ0) is 17.9. The molecule has 0 bridgehead atoms. The van der Waals surface area contributed by atoms with E-state index in [0.717, 1.165) is 6.04 Å². The van der Waals surface area contributed by atoms with E-state index in [0.29, 0.717) is 22.1 Å². The Morgan fingerprint density at radius 2 is 2.12 bits per heavy atom. The SMILES string of the molecule is CCOC(=O)c1c(F)c2cc(Br)ncc2n1COCC[Si](C)(C)C. The van der Waals surface area contributed by atoms with Crippen molar-refractivity contribution in [1.82, 2.24) is 9.55 Å². The van der Waals surface area contributed by atoms with Crippen molar-refractivity contribution < 1.29 is 18.7 Å². The van der Waals surface area contributed by atoms with Gasteiger partial charge < -0.3 is 14.0 Å². The Labute approximate surface area is 150 Å². The molecule has 2 heterocycles. The van der Waals surface area contributed by atoms with Crippen molar-refractivity contribution in [3.8, 4) is 0 Å². The number of ether oxygens (including phenoxy) is 2. The van der Waals surface area contributed by atoms with Crippen LogP contribution in [0.5, 0.6) is 0 Å². The van der Waals surface area contributed by atoms with E-state index >= 15 is 0 Å². The lowest BCUT2D eigenvalue weighted by atomic mass is 10.3. The van der Waals surface area contributed by atoms with E-state index in [9.17, 15) is 9.18 Å². The number of carbonyl (C=O) groups excluding carboxylic acids is 1. The van der Waals surface area contributed by atoms with Crippen LogP contribution in [0.3, 0.4) is 0 Å². The lowest BCUT2D eigenvalue weighted by Crippen LogP contribution is -2.22. The third-order valence-electron chi connectivity index (χ3n) is 3.54. The van der Waals surface area contributed by atoms with Crippen LogP contribution >= 0.6 is 15.9 Å². The maximum absolute atomic E-state index is 14.7. The number of rotatable bonds is 7. The Kier molecular flexibility index (Phi) is 6.16. The van der Waals surface area contributed by atoms with Crippen molar-refractivity contribution >= 4 is 40.9 Å². The van der Waals surface area contributed by atoms with Gasteiger partial charge in [-0.3, -0.25) is 0 Å². The lowest BCUT2D eigenvalue weighted by Gasteiger charge is -2.16. The molecule has 0 fully saturated rings. The minimum Gasteiger partial charge on any atom is -0.461 e. The molecule has 0 aliphatic heterocycles. The van der Waals surface area contributed by atoms with Gasteiger partial charge in [-0.15, -0.1) is 0 Å². The number of aromatic nitrogens is 2. The first-order chi connectivity index (χ1) is 11.2. The Morgan fingerprint density at radius 1 is 1.42 bits per heavy atom. The van der Waals surface area contributed by atoms with Crippen LogP contribution in [0.2, 0.25) is 25.7 Å². The zero-order valence-electron chi connectivity index (χ0n) is 14.4. The average Bonchev–Trinajstić information content (AvgIpc) is 2.75. The predicted molar refractivity (Wildman–Crippen MR) is 97.5 cm³/mol. The molecule has 8 heteroatoms. The fourth-order valence-electron chi connectivity index (χ4n) is 2.25. The first kappa shape index (κ1) is 19.1. The summed E-state index contributed by atoms with van der Waals surface area (Å²) >= 11 is 3.22. The molecular formula is C16H22BrFN2O3Si. The number of carbonyl (C=O) groups is 1. The highest BCUT2D eigenvalue weighted by Crippen LogP contribution is 2.27. The van der Waals surface area contributed by atoms with Gasteiger partial charge in [0.25, 0.3) is 0 Å². The number of hydrogen-bond acceptors (Lipinski definition) is 4. The Bertz CT molecular complexity index is 743. The van der Waals surface area contributed by atoms with Crippen molar-refractivity contribution in [1.29, 1.82) is 0 Å². The average molecular weight is 417 g/mol. The third-order valence-corrected chi connectivity index (χ3v) is 5.68. The van der Waals surface area contributed by atoms with Gasteiger partial charge in [0.2, 0.25) is 0 Å². The van der Waals surface area contributed by atoms with E-state index in [1.807, 2.05) is 0 Å². The molecule has 0 unspecified atom stereocenters.